The first-order valence-electron chi connectivity index (χ1n) is 4.10. The lowest BCUT2D eigenvalue weighted by Gasteiger charge is -1.97. The largest absolute Gasteiger partial charge is 0.368 e. The van der Waals surface area contributed by atoms with Crippen LogP contribution in [0.1, 0.15) is 11.7 Å². The Bertz CT molecular complexity index is 420. The molecule has 14 heavy (non-hydrogen) atoms. The molecule has 7 nitrogen and oxygen atoms in total. The van der Waals surface area contributed by atoms with Crippen LogP contribution in [-0.2, 0) is 4.74 Å². The Morgan fingerprint density at radius 1 is 1.36 bits per heavy atom. The maximum atomic E-state index is 5.10. The van der Waals surface area contributed by atoms with Gasteiger partial charge in [0.2, 0.25) is 0 Å². The van der Waals surface area contributed by atoms with Gasteiger partial charge in [0.15, 0.2) is 0 Å². The number of aromatic nitrogens is 6. The highest BCUT2D eigenvalue weighted by Crippen LogP contribution is 2.28. The third-order valence-corrected chi connectivity index (χ3v) is 1.92. The summed E-state index contributed by atoms with van der Waals surface area (Å²) in [6, 6.07) is 0. The molecule has 1 unspecified atom stereocenters. The van der Waals surface area contributed by atoms with Gasteiger partial charge in [-0.3, -0.25) is 0 Å². The monoisotopic (exact) mass is 190 g/mol. The fourth-order valence-corrected chi connectivity index (χ4v) is 1.11. The van der Waals surface area contributed by atoms with Gasteiger partial charge in [0.05, 0.1) is 6.61 Å². The minimum Gasteiger partial charge on any atom is -0.368 e. The van der Waals surface area contributed by atoms with Crippen LogP contribution in [0.2, 0.25) is 0 Å². The van der Waals surface area contributed by atoms with Gasteiger partial charge in [0.1, 0.15) is 12.4 Å². The van der Waals surface area contributed by atoms with Crippen LogP contribution in [0.5, 0.6) is 0 Å². The first kappa shape index (κ1) is 7.51. The van der Waals surface area contributed by atoms with E-state index in [4.69, 9.17) is 4.74 Å². The van der Waals surface area contributed by atoms with Crippen LogP contribution in [0.3, 0.4) is 0 Å². The molecule has 0 spiro atoms. The molecule has 0 bridgehead atoms. The van der Waals surface area contributed by atoms with Gasteiger partial charge in [-0.25, -0.2) is 9.97 Å². The van der Waals surface area contributed by atoms with Gasteiger partial charge in [0, 0.05) is 18.0 Å². The van der Waals surface area contributed by atoms with E-state index in [9.17, 15) is 0 Å². The van der Waals surface area contributed by atoms with Crippen LogP contribution < -0.4 is 0 Å². The zero-order valence-electron chi connectivity index (χ0n) is 7.11. The topological polar surface area (TPSA) is 81.9 Å². The zero-order chi connectivity index (χ0) is 9.38. The van der Waals surface area contributed by atoms with E-state index >= 15 is 0 Å². The lowest BCUT2D eigenvalue weighted by molar-refractivity contribution is 0.414. The summed E-state index contributed by atoms with van der Waals surface area (Å²) in [6.45, 7) is 0.758. The molecule has 1 aliphatic heterocycles. The molecule has 1 fully saturated rings. The molecule has 0 amide bonds. The van der Waals surface area contributed by atoms with Crippen molar-refractivity contribution in [3.8, 4) is 5.95 Å². The molecule has 1 atom stereocenters. The molecule has 3 rings (SSSR count). The second kappa shape index (κ2) is 2.81. The summed E-state index contributed by atoms with van der Waals surface area (Å²) >= 11 is 0. The van der Waals surface area contributed by atoms with E-state index < -0.39 is 0 Å². The SMILES string of the molecule is c1nc(-n2cnnn2)ncc1C1CO1. The van der Waals surface area contributed by atoms with Gasteiger partial charge in [0.25, 0.3) is 5.95 Å². The van der Waals surface area contributed by atoms with Crippen molar-refractivity contribution in [2.24, 2.45) is 0 Å². The standard InChI is InChI=1S/C7H6N6O/c1-5(6-3-14-6)2-9-7(8-1)13-4-10-11-12-13/h1-2,4,6H,3H2. The lowest BCUT2D eigenvalue weighted by Crippen LogP contribution is -2.02. The third-order valence-electron chi connectivity index (χ3n) is 1.92. The Kier molecular flexibility index (Phi) is 1.51. The molecule has 0 N–H and O–H groups in total. The van der Waals surface area contributed by atoms with Crippen molar-refractivity contribution in [1.82, 2.24) is 30.2 Å². The summed E-state index contributed by atoms with van der Waals surface area (Å²) in [7, 11) is 0. The third kappa shape index (κ3) is 1.23. The van der Waals surface area contributed by atoms with Crippen LogP contribution in [-0.4, -0.2) is 36.8 Å². The molecule has 2 aromatic heterocycles. The van der Waals surface area contributed by atoms with Crippen molar-refractivity contribution in [2.45, 2.75) is 6.10 Å². The average molecular weight is 190 g/mol. The number of rotatable bonds is 2. The molecule has 0 radical (unpaired) electrons. The van der Waals surface area contributed by atoms with E-state index in [1.54, 1.807) is 12.4 Å². The van der Waals surface area contributed by atoms with Crippen LogP contribution in [0.25, 0.3) is 5.95 Å². The van der Waals surface area contributed by atoms with Crippen LogP contribution in [0.15, 0.2) is 18.7 Å². The normalized spacial score (nSPS) is 19.6. The van der Waals surface area contributed by atoms with E-state index in [-0.39, 0.29) is 6.10 Å². The summed E-state index contributed by atoms with van der Waals surface area (Å²) in [5, 5.41) is 10.7. The number of hydrogen-bond acceptors (Lipinski definition) is 6. The second-order valence-corrected chi connectivity index (χ2v) is 2.89. The number of nitrogens with zero attached hydrogens (tertiary/aromatic N) is 6. The number of hydrogen-bond donors (Lipinski definition) is 0. The maximum Gasteiger partial charge on any atom is 0.253 e. The first-order chi connectivity index (χ1) is 6.93. The predicted octanol–water partition coefficient (Wildman–Crippen LogP) is -0.476. The Balaban J connectivity index is 1.93. The van der Waals surface area contributed by atoms with Crippen LogP contribution in [0.4, 0.5) is 0 Å². The Labute approximate surface area is 78.7 Å². The summed E-state index contributed by atoms with van der Waals surface area (Å²) in [4.78, 5) is 8.22. The number of tetrazole rings is 1. The minimum atomic E-state index is 0.179. The van der Waals surface area contributed by atoms with Gasteiger partial charge >= 0.3 is 0 Å². The number of epoxide rings is 1. The zero-order valence-corrected chi connectivity index (χ0v) is 7.11. The highest BCUT2D eigenvalue weighted by molar-refractivity contribution is 5.16. The summed E-state index contributed by atoms with van der Waals surface area (Å²) in [6.07, 6.45) is 5.07. The highest BCUT2D eigenvalue weighted by atomic mass is 16.6. The quantitative estimate of drug-likeness (QED) is 0.595. The van der Waals surface area contributed by atoms with E-state index in [1.165, 1.54) is 11.0 Å². The summed E-state index contributed by atoms with van der Waals surface area (Å²) in [5.74, 6) is 0.458. The van der Waals surface area contributed by atoms with Crippen LogP contribution in [0, 0.1) is 0 Å². The fourth-order valence-electron chi connectivity index (χ4n) is 1.11. The van der Waals surface area contributed by atoms with Crippen molar-refractivity contribution < 1.29 is 4.74 Å². The predicted molar refractivity (Wildman–Crippen MR) is 43.4 cm³/mol. The van der Waals surface area contributed by atoms with Crippen molar-refractivity contribution in [3.05, 3.63) is 24.3 Å². The molecule has 3 heterocycles. The van der Waals surface area contributed by atoms with Gasteiger partial charge in [-0.2, -0.15) is 4.68 Å². The molecular weight excluding hydrogens is 184 g/mol. The average Bonchev–Trinajstić information content (AvgIpc) is 2.94. The maximum absolute atomic E-state index is 5.10. The highest BCUT2D eigenvalue weighted by Gasteiger charge is 2.25. The van der Waals surface area contributed by atoms with Crippen LogP contribution >= 0.6 is 0 Å². The molecule has 0 aromatic carbocycles. The van der Waals surface area contributed by atoms with E-state index in [0.29, 0.717) is 5.95 Å². The fraction of sp³-hybridized carbons (Fsp3) is 0.286. The number of ether oxygens (including phenoxy) is 1. The molecule has 1 saturated heterocycles. The van der Waals surface area contributed by atoms with Crippen molar-refractivity contribution in [3.63, 3.8) is 0 Å². The van der Waals surface area contributed by atoms with Crippen molar-refractivity contribution in [1.29, 1.82) is 0 Å². The Morgan fingerprint density at radius 2 is 2.14 bits per heavy atom. The van der Waals surface area contributed by atoms with E-state index in [0.717, 1.165) is 12.2 Å². The molecule has 2 aromatic rings. The smallest absolute Gasteiger partial charge is 0.253 e. The lowest BCUT2D eigenvalue weighted by atomic mass is 10.3. The molecule has 0 aliphatic carbocycles. The van der Waals surface area contributed by atoms with Gasteiger partial charge < -0.3 is 4.74 Å². The Hall–Kier alpha value is -1.89. The minimum absolute atomic E-state index is 0.179. The van der Waals surface area contributed by atoms with Crippen molar-refractivity contribution in [2.75, 3.05) is 6.61 Å². The van der Waals surface area contributed by atoms with E-state index in [2.05, 4.69) is 25.5 Å². The molecule has 7 heteroatoms. The Morgan fingerprint density at radius 3 is 2.71 bits per heavy atom. The summed E-state index contributed by atoms with van der Waals surface area (Å²) in [5.41, 5.74) is 0.988. The molecular formula is C7H6N6O. The molecule has 0 saturated carbocycles. The van der Waals surface area contributed by atoms with Gasteiger partial charge in [-0.05, 0) is 10.4 Å². The van der Waals surface area contributed by atoms with Gasteiger partial charge in [-0.1, -0.05) is 0 Å². The molecule has 1 aliphatic rings. The second-order valence-electron chi connectivity index (χ2n) is 2.89. The first-order valence-corrected chi connectivity index (χ1v) is 4.10. The molecule has 70 valence electrons. The van der Waals surface area contributed by atoms with E-state index in [1.807, 2.05) is 0 Å². The van der Waals surface area contributed by atoms with Crippen molar-refractivity contribution >= 4 is 0 Å². The summed E-state index contributed by atoms with van der Waals surface area (Å²) < 4.78 is 6.50. The van der Waals surface area contributed by atoms with Gasteiger partial charge in [-0.15, -0.1) is 5.10 Å².